The van der Waals surface area contributed by atoms with Crippen LogP contribution in [0.1, 0.15) is 72.9 Å². The van der Waals surface area contributed by atoms with Gasteiger partial charge in [-0.1, -0.05) is 43.2 Å². The topological polar surface area (TPSA) is 95.3 Å². The second-order valence-electron chi connectivity index (χ2n) is 12.6. The summed E-state index contributed by atoms with van der Waals surface area (Å²) in [6, 6.07) is 14.7. The van der Waals surface area contributed by atoms with Gasteiger partial charge in [0.05, 0.1) is 42.6 Å². The second kappa shape index (κ2) is 15.6. The van der Waals surface area contributed by atoms with Gasteiger partial charge in [0.15, 0.2) is 0 Å². The van der Waals surface area contributed by atoms with Gasteiger partial charge >= 0.3 is 18.3 Å². The third kappa shape index (κ3) is 8.98. The minimum Gasteiger partial charge on any atom is -0.496 e. The number of anilines is 1. The van der Waals surface area contributed by atoms with Crippen LogP contribution in [-0.2, 0) is 41.5 Å². The van der Waals surface area contributed by atoms with Crippen molar-refractivity contribution in [3.8, 4) is 17.0 Å². The number of benzene rings is 3. The number of esters is 1. The molecule has 0 N–H and O–H groups in total. The van der Waals surface area contributed by atoms with Gasteiger partial charge in [0.25, 0.3) is 5.95 Å². The van der Waals surface area contributed by atoms with Gasteiger partial charge in [-0.2, -0.15) is 31.1 Å². The zero-order valence-electron chi connectivity index (χ0n) is 29.3. The first-order valence-corrected chi connectivity index (χ1v) is 16.6. The number of hydrogen-bond acceptors (Lipinski definition) is 8. The predicted octanol–water partition coefficient (Wildman–Crippen LogP) is 8.92. The van der Waals surface area contributed by atoms with Gasteiger partial charge in [-0.05, 0) is 90.1 Å². The van der Waals surface area contributed by atoms with E-state index in [1.807, 2.05) is 63.2 Å². The van der Waals surface area contributed by atoms with E-state index in [2.05, 4.69) is 15.4 Å². The molecular weight excluding hydrogens is 690 g/mol. The highest BCUT2D eigenvalue weighted by molar-refractivity contribution is 5.87. The van der Waals surface area contributed by atoms with Crippen LogP contribution in [0.4, 0.5) is 32.3 Å². The highest BCUT2D eigenvalue weighted by Gasteiger charge is 2.37. The molecule has 0 radical (unpaired) electrons. The molecule has 0 bridgehead atoms. The summed E-state index contributed by atoms with van der Waals surface area (Å²) in [5.41, 5.74) is 1.21. The first-order chi connectivity index (χ1) is 24.6. The van der Waals surface area contributed by atoms with E-state index in [1.165, 1.54) is 16.8 Å². The molecule has 5 rings (SSSR count). The van der Waals surface area contributed by atoms with Gasteiger partial charge in [0.2, 0.25) is 0 Å². The van der Waals surface area contributed by atoms with Gasteiger partial charge in [-0.3, -0.25) is 4.79 Å². The summed E-state index contributed by atoms with van der Waals surface area (Å²) in [7, 11) is 1.53. The molecule has 0 atom stereocenters. The van der Waals surface area contributed by atoms with Crippen LogP contribution in [0.3, 0.4) is 0 Å². The van der Waals surface area contributed by atoms with Gasteiger partial charge < -0.3 is 14.4 Å². The van der Waals surface area contributed by atoms with E-state index in [1.54, 1.807) is 6.92 Å². The number of para-hydroxylation sites is 1. The molecule has 15 heteroatoms. The molecule has 3 aromatic carbocycles. The number of hydrogen-bond donors (Lipinski definition) is 0. The Morgan fingerprint density at radius 3 is 2.29 bits per heavy atom. The minimum atomic E-state index is -5.04. The summed E-state index contributed by atoms with van der Waals surface area (Å²) in [5, 5.41) is 13.4. The van der Waals surface area contributed by atoms with Crippen molar-refractivity contribution in [2.75, 3.05) is 18.6 Å². The normalized spacial score (nSPS) is 12.1. The maximum absolute atomic E-state index is 13.9. The number of alkyl halides is 6. The molecule has 2 heterocycles. The van der Waals surface area contributed by atoms with Crippen LogP contribution in [0.2, 0.25) is 0 Å². The molecule has 52 heavy (non-hydrogen) atoms. The zero-order valence-corrected chi connectivity index (χ0v) is 29.3. The van der Waals surface area contributed by atoms with Crippen LogP contribution in [0.15, 0.2) is 60.7 Å². The fourth-order valence-electron chi connectivity index (χ4n) is 5.80. The summed E-state index contributed by atoms with van der Waals surface area (Å²) < 4.78 is 94.0. The number of fused-ring (bicyclic) bond motifs is 1. The number of methoxy groups -OCH3 is 1. The molecule has 5 aromatic rings. The molecule has 0 unspecified atom stereocenters. The van der Waals surface area contributed by atoms with Crippen molar-refractivity contribution in [1.29, 1.82) is 0 Å². The van der Waals surface area contributed by atoms with Crippen LogP contribution < -0.4 is 9.64 Å². The molecule has 0 aliphatic rings. The van der Waals surface area contributed by atoms with E-state index < -0.39 is 36.0 Å². The third-order valence-electron chi connectivity index (χ3n) is 8.42. The molecule has 0 saturated heterocycles. The van der Waals surface area contributed by atoms with Gasteiger partial charge in [-0.15, -0.1) is 5.10 Å². The lowest BCUT2D eigenvalue weighted by Gasteiger charge is -2.24. The summed E-state index contributed by atoms with van der Waals surface area (Å²) in [6.45, 7) is 7.53. The zero-order chi connectivity index (χ0) is 37.8. The third-order valence-corrected chi connectivity index (χ3v) is 8.42. The Labute approximate surface area is 296 Å². The Balaban J connectivity index is 1.65. The fraction of sp³-hybridized carbons (Fsp3) is 0.378. The van der Waals surface area contributed by atoms with Crippen LogP contribution in [0, 0.1) is 6.92 Å². The van der Waals surface area contributed by atoms with Crippen LogP contribution in [-0.4, -0.2) is 44.9 Å². The first kappa shape index (κ1) is 38.0. The van der Waals surface area contributed by atoms with E-state index in [0.29, 0.717) is 46.6 Å². The average molecular weight is 729 g/mol. The molecule has 276 valence electrons. The summed E-state index contributed by atoms with van der Waals surface area (Å²) >= 11 is 0. The van der Waals surface area contributed by atoms with Gasteiger partial charge in [0.1, 0.15) is 5.75 Å². The van der Waals surface area contributed by atoms with Crippen molar-refractivity contribution in [3.63, 3.8) is 0 Å². The average Bonchev–Trinajstić information content (AvgIpc) is 3.55. The van der Waals surface area contributed by atoms with Crippen molar-refractivity contribution in [1.82, 2.24) is 25.2 Å². The molecule has 2 aromatic heterocycles. The van der Waals surface area contributed by atoms with Crippen LogP contribution >= 0.6 is 0 Å². The smallest absolute Gasteiger partial charge is 0.416 e. The fourth-order valence-corrected chi connectivity index (χ4v) is 5.80. The number of aryl methyl sites for hydroxylation is 2. The van der Waals surface area contributed by atoms with Crippen LogP contribution in [0.25, 0.3) is 22.2 Å². The largest absolute Gasteiger partial charge is 0.496 e. The van der Waals surface area contributed by atoms with Crippen molar-refractivity contribution in [2.24, 2.45) is 0 Å². The number of pyridine rings is 1. The number of halogens is 6. The number of tetrazole rings is 1. The molecule has 0 fully saturated rings. The predicted molar refractivity (Wildman–Crippen MR) is 183 cm³/mol. The Hall–Kier alpha value is -5.21. The SMILES string of the molecule is CCOC(=O)CCCn1nnc(N(Cc2cc(C(F)(F)F)cc(C(F)(F)F)c2)Cc2cc3cccc(C)c3nc2-c2cc(C(C)C)ccc2OC)n1. The lowest BCUT2D eigenvalue weighted by Crippen LogP contribution is -2.25. The summed E-state index contributed by atoms with van der Waals surface area (Å²) in [4.78, 5) is 19.6. The number of ether oxygens (including phenoxy) is 2. The van der Waals surface area contributed by atoms with Crippen molar-refractivity contribution in [2.45, 2.75) is 78.4 Å². The van der Waals surface area contributed by atoms with E-state index in [9.17, 15) is 31.1 Å². The standard InChI is InChI=1S/C37H38F6N6O3/c1-6-52-32(50)11-8-14-49-46-35(45-47-49)48(20-24-15-28(36(38,39)40)19-29(16-24)37(41,42)43)21-27-17-26-10-7-9-23(4)33(26)44-34(27)30-18-25(22(2)3)12-13-31(30)51-5/h7,9-10,12-13,15-19,22H,6,8,11,14,20-21H2,1-5H3. The monoisotopic (exact) mass is 728 g/mol. The van der Waals surface area contributed by atoms with Gasteiger partial charge in [-0.25, -0.2) is 4.98 Å². The van der Waals surface area contributed by atoms with E-state index in [4.69, 9.17) is 14.5 Å². The Morgan fingerprint density at radius 1 is 0.942 bits per heavy atom. The summed E-state index contributed by atoms with van der Waals surface area (Å²) in [6.07, 6.45) is -9.68. The Bertz CT molecular complexity index is 2010. The molecule has 9 nitrogen and oxygen atoms in total. The molecule has 0 spiro atoms. The molecule has 0 saturated carbocycles. The Kier molecular flexibility index (Phi) is 11.4. The second-order valence-corrected chi connectivity index (χ2v) is 12.6. The number of rotatable bonds is 13. The van der Waals surface area contributed by atoms with Crippen molar-refractivity contribution in [3.05, 3.63) is 94.0 Å². The van der Waals surface area contributed by atoms with Crippen LogP contribution in [0.5, 0.6) is 5.75 Å². The summed E-state index contributed by atoms with van der Waals surface area (Å²) in [5.74, 6) is 0.216. The number of nitrogens with zero attached hydrogens (tertiary/aromatic N) is 6. The van der Waals surface area contributed by atoms with Crippen molar-refractivity contribution >= 4 is 22.8 Å². The lowest BCUT2D eigenvalue weighted by molar-refractivity contribution is -0.144. The van der Waals surface area contributed by atoms with E-state index in [-0.39, 0.29) is 49.6 Å². The lowest BCUT2D eigenvalue weighted by atomic mass is 9.95. The number of carbonyl (C=O) groups is 1. The highest BCUT2D eigenvalue weighted by atomic mass is 19.4. The number of aromatic nitrogens is 5. The number of carbonyl (C=O) groups excluding carboxylic acids is 1. The molecule has 0 amide bonds. The van der Waals surface area contributed by atoms with Crippen molar-refractivity contribution < 1.29 is 40.6 Å². The molecular formula is C37H38F6N6O3. The highest BCUT2D eigenvalue weighted by Crippen LogP contribution is 2.39. The Morgan fingerprint density at radius 2 is 1.65 bits per heavy atom. The van der Waals surface area contributed by atoms with E-state index >= 15 is 0 Å². The first-order valence-electron chi connectivity index (χ1n) is 16.6. The maximum atomic E-state index is 13.9. The molecule has 0 aliphatic heterocycles. The van der Waals surface area contributed by atoms with E-state index in [0.717, 1.165) is 16.5 Å². The minimum absolute atomic E-state index is 0.0553. The van der Waals surface area contributed by atoms with Gasteiger partial charge in [0, 0.05) is 30.5 Å². The molecule has 0 aliphatic carbocycles. The quantitative estimate of drug-likeness (QED) is 0.0877. The maximum Gasteiger partial charge on any atom is 0.416 e.